The third-order valence-corrected chi connectivity index (χ3v) is 4.72. The molecule has 0 heterocycles. The maximum absolute atomic E-state index is 12.2. The lowest BCUT2D eigenvalue weighted by atomic mass is 10.1. The van der Waals surface area contributed by atoms with Crippen molar-refractivity contribution in [3.05, 3.63) is 63.7 Å². The van der Waals surface area contributed by atoms with Crippen LogP contribution in [0.5, 0.6) is 0 Å². The Morgan fingerprint density at radius 1 is 1.19 bits per heavy atom. The predicted molar refractivity (Wildman–Crippen MR) is 104 cm³/mol. The highest BCUT2D eigenvalue weighted by Gasteiger charge is 2.19. The van der Waals surface area contributed by atoms with E-state index >= 15 is 0 Å². The van der Waals surface area contributed by atoms with Gasteiger partial charge >= 0.3 is 5.97 Å². The summed E-state index contributed by atoms with van der Waals surface area (Å²) in [5.74, 6) is -0.946. The number of amides is 1. The maximum atomic E-state index is 12.2. The van der Waals surface area contributed by atoms with Gasteiger partial charge in [0.2, 0.25) is 0 Å². The summed E-state index contributed by atoms with van der Waals surface area (Å²) in [6.45, 7) is 5.31. The molecule has 27 heavy (non-hydrogen) atoms. The number of rotatable bonds is 7. The van der Waals surface area contributed by atoms with Crippen molar-refractivity contribution in [2.75, 3.05) is 11.1 Å². The molecule has 1 amide bonds. The summed E-state index contributed by atoms with van der Waals surface area (Å²) in [7, 11) is 0. The number of non-ortho nitro benzene ring substituents is 1. The summed E-state index contributed by atoms with van der Waals surface area (Å²) in [6, 6.07) is 11.6. The van der Waals surface area contributed by atoms with Gasteiger partial charge in [0.05, 0.1) is 10.7 Å². The van der Waals surface area contributed by atoms with Crippen LogP contribution in [0.2, 0.25) is 0 Å². The van der Waals surface area contributed by atoms with Gasteiger partial charge in [-0.05, 0) is 50.1 Å². The second-order valence-corrected chi connectivity index (χ2v) is 7.03. The van der Waals surface area contributed by atoms with E-state index in [-0.39, 0.29) is 11.4 Å². The number of carbonyl (C=O) groups excluding carboxylic acids is 2. The topological polar surface area (TPSA) is 98.5 Å². The van der Waals surface area contributed by atoms with Gasteiger partial charge in [-0.1, -0.05) is 12.1 Å². The number of anilines is 1. The molecule has 0 radical (unpaired) electrons. The normalized spacial score (nSPS) is 11.5. The van der Waals surface area contributed by atoms with Gasteiger partial charge in [0.25, 0.3) is 11.6 Å². The Hall–Kier alpha value is -2.87. The molecular weight excluding hydrogens is 368 g/mol. The van der Waals surface area contributed by atoms with E-state index in [2.05, 4.69) is 5.32 Å². The van der Waals surface area contributed by atoms with E-state index in [1.54, 1.807) is 12.1 Å². The van der Waals surface area contributed by atoms with Crippen molar-refractivity contribution in [1.82, 2.24) is 0 Å². The Balaban J connectivity index is 1.84. The largest absolute Gasteiger partial charge is 0.452 e. The monoisotopic (exact) mass is 388 g/mol. The number of nitro groups is 1. The minimum Gasteiger partial charge on any atom is -0.452 e. The molecule has 8 heteroatoms. The van der Waals surface area contributed by atoms with Gasteiger partial charge in [-0.15, -0.1) is 11.8 Å². The number of hydrogen-bond acceptors (Lipinski definition) is 6. The third-order valence-electron chi connectivity index (χ3n) is 3.73. The molecule has 0 aliphatic heterocycles. The zero-order valence-corrected chi connectivity index (χ0v) is 16.0. The highest BCUT2D eigenvalue weighted by atomic mass is 32.2. The quantitative estimate of drug-likeness (QED) is 0.335. The number of aryl methyl sites for hydroxylation is 2. The van der Waals surface area contributed by atoms with E-state index < -0.39 is 22.9 Å². The first-order chi connectivity index (χ1) is 12.8. The zero-order valence-electron chi connectivity index (χ0n) is 15.2. The van der Waals surface area contributed by atoms with Crippen molar-refractivity contribution in [2.24, 2.45) is 0 Å². The van der Waals surface area contributed by atoms with Crippen LogP contribution in [-0.2, 0) is 14.3 Å². The Labute approximate surface area is 161 Å². The van der Waals surface area contributed by atoms with Gasteiger partial charge in [-0.3, -0.25) is 19.7 Å². The van der Waals surface area contributed by atoms with Gasteiger partial charge in [-0.25, -0.2) is 0 Å². The van der Waals surface area contributed by atoms with Crippen LogP contribution < -0.4 is 5.32 Å². The van der Waals surface area contributed by atoms with Gasteiger partial charge in [-0.2, -0.15) is 0 Å². The molecule has 0 unspecified atom stereocenters. The standard InChI is InChI=1S/C19H20N2O5S/c1-12-4-5-13(2)17(10-12)20-19(23)14(3)26-18(22)11-27-16-8-6-15(7-9-16)21(24)25/h4-10,14H,11H2,1-3H3,(H,20,23)/t14-/m0/s1. The average Bonchev–Trinajstić information content (AvgIpc) is 2.63. The Bertz CT molecular complexity index is 852. The Kier molecular flexibility index (Phi) is 6.95. The first kappa shape index (κ1) is 20.4. The van der Waals surface area contributed by atoms with E-state index in [1.807, 2.05) is 32.0 Å². The molecule has 0 saturated heterocycles. The fraction of sp³-hybridized carbons (Fsp3) is 0.263. The lowest BCUT2D eigenvalue weighted by Crippen LogP contribution is -2.30. The molecule has 1 N–H and O–H groups in total. The number of ether oxygens (including phenoxy) is 1. The molecule has 0 bridgehead atoms. The summed E-state index contributed by atoms with van der Waals surface area (Å²) in [4.78, 5) is 35.0. The van der Waals surface area contributed by atoms with E-state index in [9.17, 15) is 19.7 Å². The van der Waals surface area contributed by atoms with Crippen molar-refractivity contribution in [1.29, 1.82) is 0 Å². The fourth-order valence-electron chi connectivity index (χ4n) is 2.20. The Morgan fingerprint density at radius 3 is 2.48 bits per heavy atom. The smallest absolute Gasteiger partial charge is 0.317 e. The summed E-state index contributed by atoms with van der Waals surface area (Å²) < 4.78 is 5.16. The van der Waals surface area contributed by atoms with Gasteiger partial charge < -0.3 is 10.1 Å². The summed E-state index contributed by atoms with van der Waals surface area (Å²) >= 11 is 1.18. The summed E-state index contributed by atoms with van der Waals surface area (Å²) in [5, 5.41) is 13.4. The SMILES string of the molecule is Cc1ccc(C)c(NC(=O)[C@H](C)OC(=O)CSc2ccc([N+](=O)[O-])cc2)c1. The first-order valence-corrected chi connectivity index (χ1v) is 9.19. The molecule has 2 aromatic carbocycles. The second-order valence-electron chi connectivity index (χ2n) is 5.98. The Morgan fingerprint density at radius 2 is 1.85 bits per heavy atom. The molecule has 0 fully saturated rings. The van der Waals surface area contributed by atoms with Crippen LogP contribution in [0.1, 0.15) is 18.1 Å². The highest BCUT2D eigenvalue weighted by Crippen LogP contribution is 2.22. The van der Waals surface area contributed by atoms with Crippen molar-refractivity contribution >= 4 is 35.0 Å². The van der Waals surface area contributed by atoms with Crippen molar-refractivity contribution in [3.8, 4) is 0 Å². The van der Waals surface area contributed by atoms with Crippen molar-refractivity contribution in [2.45, 2.75) is 31.8 Å². The molecular formula is C19H20N2O5S. The van der Waals surface area contributed by atoms with Crippen LogP contribution >= 0.6 is 11.8 Å². The maximum Gasteiger partial charge on any atom is 0.317 e. The van der Waals surface area contributed by atoms with Crippen LogP contribution in [0, 0.1) is 24.0 Å². The van der Waals surface area contributed by atoms with Gasteiger partial charge in [0, 0.05) is 22.7 Å². The molecule has 2 aromatic rings. The van der Waals surface area contributed by atoms with Crippen LogP contribution in [0.3, 0.4) is 0 Å². The molecule has 0 spiro atoms. The summed E-state index contributed by atoms with van der Waals surface area (Å²) in [6.07, 6.45) is -0.935. The molecule has 142 valence electrons. The van der Waals surface area contributed by atoms with Crippen LogP contribution in [0.15, 0.2) is 47.4 Å². The number of thioether (sulfide) groups is 1. The molecule has 0 aromatic heterocycles. The lowest BCUT2D eigenvalue weighted by Gasteiger charge is -2.15. The van der Waals surface area contributed by atoms with E-state index in [4.69, 9.17) is 4.74 Å². The van der Waals surface area contributed by atoms with Gasteiger partial charge in [0.1, 0.15) is 0 Å². The third kappa shape index (κ3) is 6.10. The van der Waals surface area contributed by atoms with E-state index in [0.29, 0.717) is 10.6 Å². The molecule has 2 rings (SSSR count). The fourth-order valence-corrected chi connectivity index (χ4v) is 2.88. The van der Waals surface area contributed by atoms with Gasteiger partial charge in [0.15, 0.2) is 6.10 Å². The molecule has 0 aliphatic carbocycles. The van der Waals surface area contributed by atoms with Crippen molar-refractivity contribution in [3.63, 3.8) is 0 Å². The number of carbonyl (C=O) groups is 2. The molecule has 7 nitrogen and oxygen atoms in total. The summed E-state index contributed by atoms with van der Waals surface area (Å²) in [5.41, 5.74) is 2.60. The van der Waals surface area contributed by atoms with E-state index in [0.717, 1.165) is 11.1 Å². The minimum absolute atomic E-state index is 0.00109. The predicted octanol–water partition coefficient (Wildman–Crippen LogP) is 3.87. The number of nitro benzene ring substituents is 1. The van der Waals surface area contributed by atoms with Crippen molar-refractivity contribution < 1.29 is 19.2 Å². The number of nitrogens with zero attached hydrogens (tertiary/aromatic N) is 1. The molecule has 0 aliphatic rings. The first-order valence-electron chi connectivity index (χ1n) is 8.21. The highest BCUT2D eigenvalue weighted by molar-refractivity contribution is 8.00. The van der Waals surface area contributed by atoms with Crippen LogP contribution in [0.25, 0.3) is 0 Å². The number of esters is 1. The number of benzene rings is 2. The van der Waals surface area contributed by atoms with Crippen LogP contribution in [-0.4, -0.2) is 28.7 Å². The lowest BCUT2D eigenvalue weighted by molar-refractivity contribution is -0.384. The molecule has 0 saturated carbocycles. The minimum atomic E-state index is -0.935. The molecule has 1 atom stereocenters. The van der Waals surface area contributed by atoms with Crippen LogP contribution in [0.4, 0.5) is 11.4 Å². The zero-order chi connectivity index (χ0) is 20.0. The second kappa shape index (κ2) is 9.18. The number of hydrogen-bond donors (Lipinski definition) is 1. The number of nitrogens with one attached hydrogen (secondary N) is 1. The average molecular weight is 388 g/mol. The van der Waals surface area contributed by atoms with E-state index in [1.165, 1.54) is 30.8 Å².